The summed E-state index contributed by atoms with van der Waals surface area (Å²) in [7, 11) is 0. The minimum absolute atomic E-state index is 0.0457. The Balaban J connectivity index is 1.46. The van der Waals surface area contributed by atoms with Crippen LogP contribution in [0, 0.1) is 5.92 Å². The van der Waals surface area contributed by atoms with Gasteiger partial charge in [0.15, 0.2) is 5.13 Å². The van der Waals surface area contributed by atoms with Crippen molar-refractivity contribution in [1.29, 1.82) is 0 Å². The second-order valence-corrected chi connectivity index (χ2v) is 9.24. The van der Waals surface area contributed by atoms with Crippen molar-refractivity contribution in [2.24, 2.45) is 5.92 Å². The molecule has 1 N–H and O–H groups in total. The summed E-state index contributed by atoms with van der Waals surface area (Å²) in [5.74, 6) is 0.666. The summed E-state index contributed by atoms with van der Waals surface area (Å²) < 4.78 is 0. The van der Waals surface area contributed by atoms with E-state index >= 15 is 0 Å². The first-order valence-electron chi connectivity index (χ1n) is 8.69. The van der Waals surface area contributed by atoms with Crippen molar-refractivity contribution >= 4 is 45.3 Å². The Morgan fingerprint density at radius 1 is 1.38 bits per heavy atom. The Bertz CT molecular complexity index is 947. The van der Waals surface area contributed by atoms with Crippen molar-refractivity contribution in [3.05, 3.63) is 67.3 Å². The minimum atomic E-state index is -0.0457. The molecule has 0 saturated heterocycles. The maximum atomic E-state index is 12.7. The highest BCUT2D eigenvalue weighted by Gasteiger charge is 2.23. The first-order chi connectivity index (χ1) is 12.6. The topological polar surface area (TPSA) is 42.0 Å². The number of aromatic nitrogens is 1. The molecule has 6 heteroatoms. The molecular formula is C20H19ClN2OS2. The third-order valence-corrected chi connectivity index (χ3v) is 7.08. The molecule has 0 fully saturated rings. The SMILES string of the molecule is C[C@@H]1CCc2c(C(=O)Nc3ncc(Cc4ccccc4Cl)s3)csc2C1. The smallest absolute Gasteiger partial charge is 0.258 e. The van der Waals surface area contributed by atoms with Crippen molar-refractivity contribution in [1.82, 2.24) is 4.98 Å². The zero-order valence-corrected chi connectivity index (χ0v) is 16.8. The lowest BCUT2D eigenvalue weighted by Gasteiger charge is -2.18. The van der Waals surface area contributed by atoms with Crippen molar-refractivity contribution < 1.29 is 4.79 Å². The summed E-state index contributed by atoms with van der Waals surface area (Å²) in [5, 5.41) is 6.36. The van der Waals surface area contributed by atoms with E-state index in [9.17, 15) is 4.79 Å². The van der Waals surface area contributed by atoms with Gasteiger partial charge < -0.3 is 0 Å². The monoisotopic (exact) mass is 402 g/mol. The molecule has 0 saturated carbocycles. The molecule has 0 spiro atoms. The van der Waals surface area contributed by atoms with Gasteiger partial charge in [-0.2, -0.15) is 0 Å². The molecule has 2 heterocycles. The lowest BCUT2D eigenvalue weighted by molar-refractivity contribution is 0.102. The van der Waals surface area contributed by atoms with Crippen LogP contribution >= 0.6 is 34.3 Å². The maximum absolute atomic E-state index is 12.7. The lowest BCUT2D eigenvalue weighted by Crippen LogP contribution is -2.16. The predicted octanol–water partition coefficient (Wildman–Crippen LogP) is 5.83. The Kier molecular flexibility index (Phi) is 5.11. The van der Waals surface area contributed by atoms with Gasteiger partial charge in [0.25, 0.3) is 5.91 Å². The van der Waals surface area contributed by atoms with E-state index in [0.717, 1.165) is 46.7 Å². The molecule has 3 aromatic rings. The van der Waals surface area contributed by atoms with Crippen LogP contribution in [0.25, 0.3) is 0 Å². The van der Waals surface area contributed by atoms with Gasteiger partial charge in [0.05, 0.1) is 5.56 Å². The van der Waals surface area contributed by atoms with Crippen LogP contribution in [-0.4, -0.2) is 10.9 Å². The van der Waals surface area contributed by atoms with Crippen LogP contribution < -0.4 is 5.32 Å². The van der Waals surface area contributed by atoms with Crippen LogP contribution in [0.4, 0.5) is 5.13 Å². The van der Waals surface area contributed by atoms with Gasteiger partial charge in [-0.1, -0.05) is 36.7 Å². The molecule has 4 rings (SSSR count). The average molecular weight is 403 g/mol. The van der Waals surface area contributed by atoms with E-state index < -0.39 is 0 Å². The van der Waals surface area contributed by atoms with Gasteiger partial charge in [0.1, 0.15) is 0 Å². The van der Waals surface area contributed by atoms with E-state index in [2.05, 4.69) is 17.2 Å². The van der Waals surface area contributed by atoms with E-state index in [-0.39, 0.29) is 5.91 Å². The Morgan fingerprint density at radius 2 is 2.23 bits per heavy atom. The number of benzene rings is 1. The molecule has 0 unspecified atom stereocenters. The van der Waals surface area contributed by atoms with Crippen LogP contribution in [0.15, 0.2) is 35.8 Å². The number of hydrogen-bond acceptors (Lipinski definition) is 4. The molecule has 2 aromatic heterocycles. The molecule has 26 heavy (non-hydrogen) atoms. The molecule has 1 aliphatic rings. The van der Waals surface area contributed by atoms with E-state index in [1.165, 1.54) is 21.8 Å². The Hall–Kier alpha value is -1.69. The van der Waals surface area contributed by atoms with Crippen molar-refractivity contribution in [2.45, 2.75) is 32.6 Å². The Morgan fingerprint density at radius 3 is 3.08 bits per heavy atom. The minimum Gasteiger partial charge on any atom is -0.298 e. The third kappa shape index (κ3) is 3.70. The van der Waals surface area contributed by atoms with Crippen LogP contribution in [0.5, 0.6) is 0 Å². The number of anilines is 1. The van der Waals surface area contributed by atoms with E-state index in [1.807, 2.05) is 35.8 Å². The third-order valence-electron chi connectivity index (χ3n) is 4.74. The highest BCUT2D eigenvalue weighted by atomic mass is 35.5. The van der Waals surface area contributed by atoms with Crippen LogP contribution in [0.2, 0.25) is 5.02 Å². The van der Waals surface area contributed by atoms with Gasteiger partial charge >= 0.3 is 0 Å². The van der Waals surface area contributed by atoms with Crippen molar-refractivity contribution in [3.8, 4) is 0 Å². The molecule has 3 nitrogen and oxygen atoms in total. The molecule has 134 valence electrons. The predicted molar refractivity (Wildman–Crippen MR) is 110 cm³/mol. The number of carbonyl (C=O) groups excluding carboxylic acids is 1. The highest BCUT2D eigenvalue weighted by molar-refractivity contribution is 7.15. The average Bonchev–Trinajstić information content (AvgIpc) is 3.23. The van der Waals surface area contributed by atoms with Gasteiger partial charge in [-0.3, -0.25) is 10.1 Å². The molecular weight excluding hydrogens is 384 g/mol. The van der Waals surface area contributed by atoms with Crippen LogP contribution in [0.3, 0.4) is 0 Å². The number of thiazole rings is 1. The fraction of sp³-hybridized carbons (Fsp3) is 0.300. The number of amides is 1. The number of halogens is 1. The zero-order valence-electron chi connectivity index (χ0n) is 14.4. The molecule has 1 atom stereocenters. The summed E-state index contributed by atoms with van der Waals surface area (Å²) in [4.78, 5) is 19.5. The summed E-state index contributed by atoms with van der Waals surface area (Å²) in [6.45, 7) is 2.28. The van der Waals surface area contributed by atoms with E-state index in [0.29, 0.717) is 11.0 Å². The number of rotatable bonds is 4. The molecule has 1 aromatic carbocycles. The number of fused-ring (bicyclic) bond motifs is 1. The van der Waals surface area contributed by atoms with Crippen molar-refractivity contribution in [2.75, 3.05) is 5.32 Å². The molecule has 1 amide bonds. The second kappa shape index (κ2) is 7.51. The fourth-order valence-corrected chi connectivity index (χ4v) is 5.59. The largest absolute Gasteiger partial charge is 0.298 e. The fourth-order valence-electron chi connectivity index (χ4n) is 3.31. The van der Waals surface area contributed by atoms with E-state index in [1.54, 1.807) is 11.3 Å². The van der Waals surface area contributed by atoms with Crippen molar-refractivity contribution in [3.63, 3.8) is 0 Å². The molecule has 0 bridgehead atoms. The standard InChI is InChI=1S/C20H19ClN2OS2/c1-12-6-7-15-16(11-25-18(15)8-12)19(24)23-20-22-10-14(26-20)9-13-4-2-3-5-17(13)21/h2-5,10-12H,6-9H2,1H3,(H,22,23,24)/t12-/m1/s1. The van der Waals surface area contributed by atoms with Gasteiger partial charge in [-0.25, -0.2) is 4.98 Å². The van der Waals surface area contributed by atoms with Gasteiger partial charge in [0.2, 0.25) is 0 Å². The normalized spacial score (nSPS) is 16.3. The summed E-state index contributed by atoms with van der Waals surface area (Å²) in [6.07, 6.45) is 5.78. The number of carbonyl (C=O) groups is 1. The van der Waals surface area contributed by atoms with Crippen LogP contribution in [-0.2, 0) is 19.3 Å². The van der Waals surface area contributed by atoms with Gasteiger partial charge in [-0.15, -0.1) is 22.7 Å². The first kappa shape index (κ1) is 17.7. The molecule has 0 aliphatic heterocycles. The zero-order chi connectivity index (χ0) is 18.1. The number of nitrogens with zero attached hydrogens (tertiary/aromatic N) is 1. The second-order valence-electron chi connectivity index (χ2n) is 6.75. The number of nitrogens with one attached hydrogen (secondary N) is 1. The number of thiophene rings is 1. The summed E-state index contributed by atoms with van der Waals surface area (Å²) in [5.41, 5.74) is 3.12. The summed E-state index contributed by atoms with van der Waals surface area (Å²) in [6, 6.07) is 7.80. The number of hydrogen-bond donors (Lipinski definition) is 1. The quantitative estimate of drug-likeness (QED) is 0.596. The first-order valence-corrected chi connectivity index (χ1v) is 10.8. The summed E-state index contributed by atoms with van der Waals surface area (Å²) >= 11 is 9.44. The Labute approximate surface area is 166 Å². The molecule has 1 aliphatic carbocycles. The van der Waals surface area contributed by atoms with Gasteiger partial charge in [-0.05, 0) is 42.4 Å². The maximum Gasteiger partial charge on any atom is 0.258 e. The van der Waals surface area contributed by atoms with Crippen LogP contribution in [0.1, 0.15) is 44.6 Å². The lowest BCUT2D eigenvalue weighted by atomic mass is 9.88. The van der Waals surface area contributed by atoms with E-state index in [4.69, 9.17) is 11.6 Å². The van der Waals surface area contributed by atoms with Gasteiger partial charge in [0, 0.05) is 32.8 Å². The molecule has 0 radical (unpaired) electrons. The highest BCUT2D eigenvalue weighted by Crippen LogP contribution is 2.33.